The molecule has 0 heterocycles. The van der Waals surface area contributed by atoms with Crippen LogP contribution in [0.25, 0.3) is 0 Å². The molecular formula is C12H15F3O3. The van der Waals surface area contributed by atoms with Gasteiger partial charge in [-0.25, -0.2) is 0 Å². The van der Waals surface area contributed by atoms with Crippen molar-refractivity contribution in [1.82, 2.24) is 0 Å². The Labute approximate surface area is 103 Å². The maximum Gasteiger partial charge on any atom is 0.411 e. The Kier molecular flexibility index (Phi) is 4.98. The van der Waals surface area contributed by atoms with Crippen LogP contribution in [0.2, 0.25) is 0 Å². The topological polar surface area (TPSA) is 38.7 Å². The Morgan fingerprint density at radius 2 is 2.00 bits per heavy atom. The molecule has 0 saturated heterocycles. The summed E-state index contributed by atoms with van der Waals surface area (Å²) in [5.41, 5.74) is 1.44. The molecular weight excluding hydrogens is 249 g/mol. The van der Waals surface area contributed by atoms with Gasteiger partial charge < -0.3 is 14.6 Å². The maximum absolute atomic E-state index is 11.8. The van der Waals surface area contributed by atoms with Crippen molar-refractivity contribution in [3.05, 3.63) is 29.3 Å². The van der Waals surface area contributed by atoms with E-state index >= 15 is 0 Å². The molecule has 0 aromatic heterocycles. The molecule has 0 radical (unpaired) electrons. The summed E-state index contributed by atoms with van der Waals surface area (Å²) < 4.78 is 44.8. The van der Waals surface area contributed by atoms with Gasteiger partial charge in [0.1, 0.15) is 12.4 Å². The van der Waals surface area contributed by atoms with E-state index in [2.05, 4.69) is 4.74 Å². The summed E-state index contributed by atoms with van der Waals surface area (Å²) in [6.07, 6.45) is -4.95. The summed E-state index contributed by atoms with van der Waals surface area (Å²) in [4.78, 5) is 0. The molecule has 0 fully saturated rings. The molecule has 0 aliphatic heterocycles. The van der Waals surface area contributed by atoms with Crippen LogP contribution in [-0.4, -0.2) is 24.7 Å². The van der Waals surface area contributed by atoms with Crippen molar-refractivity contribution in [3.63, 3.8) is 0 Å². The van der Waals surface area contributed by atoms with Gasteiger partial charge in [0.2, 0.25) is 0 Å². The Morgan fingerprint density at radius 3 is 2.50 bits per heavy atom. The number of ether oxygens (including phenoxy) is 2. The summed E-state index contributed by atoms with van der Waals surface area (Å²) in [6, 6.07) is 4.95. The first-order valence-corrected chi connectivity index (χ1v) is 5.35. The van der Waals surface area contributed by atoms with E-state index in [-0.39, 0.29) is 0 Å². The van der Waals surface area contributed by atoms with Crippen LogP contribution in [0.4, 0.5) is 13.2 Å². The van der Waals surface area contributed by atoms with E-state index in [0.29, 0.717) is 5.75 Å². The SMILES string of the molecule is Cc1cc([C@@H](C)O)ccc1OCOCC(F)(F)F. The van der Waals surface area contributed by atoms with Crippen LogP contribution in [0.3, 0.4) is 0 Å². The van der Waals surface area contributed by atoms with Crippen LogP contribution in [0.5, 0.6) is 5.75 Å². The third kappa shape index (κ3) is 4.93. The lowest BCUT2D eigenvalue weighted by Crippen LogP contribution is -2.19. The van der Waals surface area contributed by atoms with Crippen molar-refractivity contribution in [1.29, 1.82) is 0 Å². The Morgan fingerprint density at radius 1 is 1.33 bits per heavy atom. The van der Waals surface area contributed by atoms with E-state index < -0.39 is 25.7 Å². The summed E-state index contributed by atoms with van der Waals surface area (Å²) in [5.74, 6) is 0.432. The summed E-state index contributed by atoms with van der Waals surface area (Å²) in [7, 11) is 0. The van der Waals surface area contributed by atoms with E-state index in [4.69, 9.17) is 4.74 Å². The number of rotatable bonds is 5. The minimum Gasteiger partial charge on any atom is -0.467 e. The van der Waals surface area contributed by atoms with Crippen LogP contribution in [0, 0.1) is 6.92 Å². The lowest BCUT2D eigenvalue weighted by Gasteiger charge is -2.12. The van der Waals surface area contributed by atoms with Crippen molar-refractivity contribution < 1.29 is 27.8 Å². The molecule has 0 spiro atoms. The number of hydrogen-bond acceptors (Lipinski definition) is 3. The van der Waals surface area contributed by atoms with Crippen molar-refractivity contribution in [2.45, 2.75) is 26.1 Å². The molecule has 6 heteroatoms. The first kappa shape index (κ1) is 14.8. The van der Waals surface area contributed by atoms with E-state index in [1.54, 1.807) is 32.0 Å². The number of aliphatic hydroxyl groups is 1. The summed E-state index contributed by atoms with van der Waals surface area (Å²) in [6.45, 7) is 1.57. The number of alkyl halides is 3. The fraction of sp³-hybridized carbons (Fsp3) is 0.500. The minimum atomic E-state index is -4.35. The number of aryl methyl sites for hydroxylation is 1. The average molecular weight is 264 g/mol. The normalized spacial score (nSPS) is 13.4. The Hall–Kier alpha value is -1.27. The standard InChI is InChI=1S/C12H15F3O3/c1-8-5-10(9(2)16)3-4-11(8)18-7-17-6-12(13,14)15/h3-5,9,16H,6-7H2,1-2H3/t9-/m1/s1. The highest BCUT2D eigenvalue weighted by molar-refractivity contribution is 5.36. The van der Waals surface area contributed by atoms with E-state index in [0.717, 1.165) is 11.1 Å². The fourth-order valence-electron chi connectivity index (χ4n) is 1.36. The van der Waals surface area contributed by atoms with Crippen molar-refractivity contribution >= 4 is 0 Å². The molecule has 1 N–H and O–H groups in total. The molecule has 1 aromatic carbocycles. The Bertz CT molecular complexity index is 389. The van der Waals surface area contributed by atoms with Crippen molar-refractivity contribution in [3.8, 4) is 5.75 Å². The van der Waals surface area contributed by atoms with Gasteiger partial charge in [-0.2, -0.15) is 13.2 Å². The van der Waals surface area contributed by atoms with Crippen LogP contribution >= 0.6 is 0 Å². The number of aliphatic hydroxyl groups excluding tert-OH is 1. The quantitative estimate of drug-likeness (QED) is 0.656. The fourth-order valence-corrected chi connectivity index (χ4v) is 1.36. The van der Waals surface area contributed by atoms with Crippen LogP contribution in [-0.2, 0) is 4.74 Å². The molecule has 3 nitrogen and oxygen atoms in total. The molecule has 1 rings (SSSR count). The number of benzene rings is 1. The molecule has 18 heavy (non-hydrogen) atoms. The smallest absolute Gasteiger partial charge is 0.411 e. The number of hydrogen-bond donors (Lipinski definition) is 1. The predicted octanol–water partition coefficient (Wildman–Crippen LogP) is 2.96. The molecule has 0 amide bonds. The van der Waals surface area contributed by atoms with Gasteiger partial charge in [0, 0.05) is 0 Å². The van der Waals surface area contributed by atoms with Gasteiger partial charge in [-0.05, 0) is 37.1 Å². The molecule has 0 aliphatic carbocycles. The van der Waals surface area contributed by atoms with E-state index in [1.165, 1.54) is 0 Å². The van der Waals surface area contributed by atoms with Gasteiger partial charge in [0.25, 0.3) is 0 Å². The van der Waals surface area contributed by atoms with Crippen LogP contribution in [0.15, 0.2) is 18.2 Å². The largest absolute Gasteiger partial charge is 0.467 e. The van der Waals surface area contributed by atoms with Gasteiger partial charge >= 0.3 is 6.18 Å². The summed E-state index contributed by atoms with van der Waals surface area (Å²) in [5, 5.41) is 9.35. The molecule has 0 aliphatic rings. The molecule has 0 bridgehead atoms. The second-order valence-electron chi connectivity index (χ2n) is 3.93. The molecule has 102 valence electrons. The number of halogens is 3. The van der Waals surface area contributed by atoms with E-state index in [9.17, 15) is 18.3 Å². The third-order valence-electron chi connectivity index (χ3n) is 2.24. The van der Waals surface area contributed by atoms with Gasteiger partial charge in [-0.15, -0.1) is 0 Å². The second kappa shape index (κ2) is 6.06. The van der Waals surface area contributed by atoms with Gasteiger partial charge in [0.15, 0.2) is 6.79 Å². The predicted molar refractivity (Wildman–Crippen MR) is 59.3 cm³/mol. The third-order valence-corrected chi connectivity index (χ3v) is 2.24. The van der Waals surface area contributed by atoms with Gasteiger partial charge in [-0.1, -0.05) is 6.07 Å². The van der Waals surface area contributed by atoms with Crippen LogP contribution in [0.1, 0.15) is 24.2 Å². The lowest BCUT2D eigenvalue weighted by atomic mass is 10.1. The average Bonchev–Trinajstić information content (AvgIpc) is 2.24. The maximum atomic E-state index is 11.8. The first-order chi connectivity index (χ1) is 8.29. The highest BCUT2D eigenvalue weighted by atomic mass is 19.4. The van der Waals surface area contributed by atoms with Crippen molar-refractivity contribution in [2.24, 2.45) is 0 Å². The van der Waals surface area contributed by atoms with E-state index in [1.807, 2.05) is 0 Å². The lowest BCUT2D eigenvalue weighted by molar-refractivity contribution is -0.186. The zero-order valence-electron chi connectivity index (χ0n) is 10.1. The molecule has 1 aromatic rings. The zero-order chi connectivity index (χ0) is 13.8. The van der Waals surface area contributed by atoms with Gasteiger partial charge in [-0.3, -0.25) is 0 Å². The zero-order valence-corrected chi connectivity index (χ0v) is 10.1. The first-order valence-electron chi connectivity index (χ1n) is 5.35. The highest BCUT2D eigenvalue weighted by Gasteiger charge is 2.27. The summed E-state index contributed by atoms with van der Waals surface area (Å²) >= 11 is 0. The minimum absolute atomic E-state index is 0.432. The molecule has 1 atom stereocenters. The van der Waals surface area contributed by atoms with Crippen LogP contribution < -0.4 is 4.74 Å². The Balaban J connectivity index is 2.48. The monoisotopic (exact) mass is 264 g/mol. The second-order valence-corrected chi connectivity index (χ2v) is 3.93. The van der Waals surface area contributed by atoms with Crippen molar-refractivity contribution in [2.75, 3.05) is 13.4 Å². The molecule has 0 unspecified atom stereocenters. The molecule has 0 saturated carbocycles. The highest BCUT2D eigenvalue weighted by Crippen LogP contribution is 2.23. The van der Waals surface area contributed by atoms with Gasteiger partial charge in [0.05, 0.1) is 6.10 Å².